The van der Waals surface area contributed by atoms with Gasteiger partial charge in [0.1, 0.15) is 24.6 Å². The zero-order chi connectivity index (χ0) is 24.2. The maximum Gasteiger partial charge on any atom is 0.237 e. The van der Waals surface area contributed by atoms with Gasteiger partial charge in [-0.25, -0.2) is 9.97 Å². The molecule has 1 fully saturated rings. The number of benzene rings is 2. The summed E-state index contributed by atoms with van der Waals surface area (Å²) in [5.41, 5.74) is 2.66. The van der Waals surface area contributed by atoms with Gasteiger partial charge in [0.15, 0.2) is 11.5 Å². The zero-order valence-corrected chi connectivity index (χ0v) is 19.4. The summed E-state index contributed by atoms with van der Waals surface area (Å²) in [5.74, 6) is 2.27. The fourth-order valence-electron chi connectivity index (χ4n) is 4.42. The van der Waals surface area contributed by atoms with E-state index in [-0.39, 0.29) is 19.9 Å². The van der Waals surface area contributed by atoms with Crippen molar-refractivity contribution in [2.45, 2.75) is 32.5 Å². The minimum Gasteiger partial charge on any atom is -0.493 e. The van der Waals surface area contributed by atoms with Crippen molar-refractivity contribution in [2.75, 3.05) is 37.4 Å². The maximum absolute atomic E-state index is 12.9. The second kappa shape index (κ2) is 11.2. The Labute approximate surface area is 210 Å². The summed E-state index contributed by atoms with van der Waals surface area (Å²) >= 11 is 0. The van der Waals surface area contributed by atoms with Gasteiger partial charge in [-0.3, -0.25) is 9.69 Å². The number of fused-ring (bicyclic) bond motifs is 7. The molecule has 1 amide bonds. The molecule has 0 radical (unpaired) electrons. The predicted molar refractivity (Wildman–Crippen MR) is 138 cm³/mol. The number of carbonyl (C=O) groups is 1. The summed E-state index contributed by atoms with van der Waals surface area (Å²) in [4.78, 5) is 23.6. The number of methoxy groups -OCH3 is 1. The summed E-state index contributed by atoms with van der Waals surface area (Å²) < 4.78 is 11.3. The van der Waals surface area contributed by atoms with Gasteiger partial charge in [0.25, 0.3) is 0 Å². The first-order chi connectivity index (χ1) is 17.1. The molecule has 3 heterocycles. The normalized spacial score (nSPS) is 20.0. The zero-order valence-electron chi connectivity index (χ0n) is 19.4. The summed E-state index contributed by atoms with van der Waals surface area (Å²) in [5, 5.41) is 19.8. The first kappa shape index (κ1) is 25.2. The quantitative estimate of drug-likeness (QED) is 0.406. The van der Waals surface area contributed by atoms with E-state index in [0.29, 0.717) is 49.2 Å². The molecule has 10 heteroatoms. The number of nitrogens with one attached hydrogen (secondary N) is 3. The number of anilines is 4. The molecule has 4 N–H and O–H groups in total. The van der Waals surface area contributed by atoms with Crippen molar-refractivity contribution in [3.63, 3.8) is 0 Å². The van der Waals surface area contributed by atoms with Crippen LogP contribution in [0.5, 0.6) is 11.5 Å². The van der Waals surface area contributed by atoms with Crippen LogP contribution in [0.25, 0.3) is 0 Å². The summed E-state index contributed by atoms with van der Waals surface area (Å²) in [6.45, 7) is 1.58. The molecular formula is C26H32N6O4. The van der Waals surface area contributed by atoms with E-state index in [4.69, 9.17) is 9.47 Å². The highest BCUT2D eigenvalue weighted by Crippen LogP contribution is 2.31. The second-order valence-electron chi connectivity index (χ2n) is 8.58. The SMILES string of the molecule is C.COc1ccc2cc1OCCNC(=O)[C@H]1C[C@@H](O)CN1Cc1cccc(c1)Nc1cc(ncn1)N2. The predicted octanol–water partition coefficient (Wildman–Crippen LogP) is 3.05. The lowest BCUT2D eigenvalue weighted by Gasteiger charge is -2.23. The molecular weight excluding hydrogens is 460 g/mol. The maximum atomic E-state index is 12.9. The minimum atomic E-state index is -0.542. The molecule has 0 aliphatic carbocycles. The van der Waals surface area contributed by atoms with Crippen LogP contribution in [0.15, 0.2) is 54.9 Å². The van der Waals surface area contributed by atoms with Crippen LogP contribution in [0.3, 0.4) is 0 Å². The van der Waals surface area contributed by atoms with Crippen LogP contribution in [-0.4, -0.2) is 64.8 Å². The smallest absolute Gasteiger partial charge is 0.237 e. The highest BCUT2D eigenvalue weighted by Gasteiger charge is 2.35. The third-order valence-corrected chi connectivity index (χ3v) is 6.03. The first-order valence-corrected chi connectivity index (χ1v) is 11.5. The third kappa shape index (κ3) is 5.84. The van der Waals surface area contributed by atoms with Crippen molar-refractivity contribution in [3.8, 4) is 11.5 Å². The molecule has 10 nitrogen and oxygen atoms in total. The molecule has 3 aromatic rings. The Balaban J connectivity index is 0.00000304. The molecule has 0 unspecified atom stereocenters. The second-order valence-corrected chi connectivity index (χ2v) is 8.58. The van der Waals surface area contributed by atoms with E-state index < -0.39 is 12.1 Å². The Morgan fingerprint density at radius 1 is 1.08 bits per heavy atom. The van der Waals surface area contributed by atoms with Gasteiger partial charge in [-0.1, -0.05) is 19.6 Å². The number of aliphatic hydroxyl groups excluding tert-OH is 1. The standard InChI is InChI=1S/C25H28N6O4.CH4/c1-34-21-6-5-18-10-22(21)35-8-7-26-25(33)20-11-19(32)14-31(20)13-16-3-2-4-17(9-16)29-23-12-24(30-18)28-15-27-23;/h2-6,9-10,12,15,19-20,32H,7-8,11,13-14H2,1H3,(H,26,33)(H2,27,28,29,30);1H4/t19-,20-;/m1./s1. The molecule has 1 aromatic heterocycles. The molecule has 0 saturated carbocycles. The summed E-state index contributed by atoms with van der Waals surface area (Å²) in [7, 11) is 1.58. The molecule has 5 rings (SSSR count). The Morgan fingerprint density at radius 2 is 1.86 bits per heavy atom. The lowest BCUT2D eigenvalue weighted by atomic mass is 10.1. The molecule has 36 heavy (non-hydrogen) atoms. The molecule has 0 spiro atoms. The van der Waals surface area contributed by atoms with Crippen LogP contribution in [-0.2, 0) is 11.3 Å². The van der Waals surface area contributed by atoms with E-state index in [1.807, 2.05) is 53.4 Å². The molecule has 1 saturated heterocycles. The molecule has 2 aliphatic heterocycles. The number of rotatable bonds is 1. The highest BCUT2D eigenvalue weighted by molar-refractivity contribution is 5.82. The molecule has 2 atom stereocenters. The van der Waals surface area contributed by atoms with Gasteiger partial charge < -0.3 is 30.5 Å². The largest absolute Gasteiger partial charge is 0.493 e. The molecule has 190 valence electrons. The number of aromatic nitrogens is 2. The van der Waals surface area contributed by atoms with Crippen molar-refractivity contribution in [1.29, 1.82) is 0 Å². The monoisotopic (exact) mass is 492 g/mol. The third-order valence-electron chi connectivity index (χ3n) is 6.03. The van der Waals surface area contributed by atoms with Crippen molar-refractivity contribution >= 4 is 28.9 Å². The van der Waals surface area contributed by atoms with Gasteiger partial charge in [0.05, 0.1) is 25.8 Å². The van der Waals surface area contributed by atoms with Gasteiger partial charge in [-0.2, -0.15) is 0 Å². The van der Waals surface area contributed by atoms with Gasteiger partial charge >= 0.3 is 0 Å². The van der Waals surface area contributed by atoms with Crippen LogP contribution in [0.4, 0.5) is 23.0 Å². The van der Waals surface area contributed by atoms with Crippen LogP contribution in [0.2, 0.25) is 0 Å². The van der Waals surface area contributed by atoms with E-state index in [0.717, 1.165) is 16.9 Å². The molecule has 2 aliphatic rings. The summed E-state index contributed by atoms with van der Waals surface area (Å²) in [6, 6.07) is 14.9. The van der Waals surface area contributed by atoms with E-state index in [2.05, 4.69) is 25.9 Å². The summed E-state index contributed by atoms with van der Waals surface area (Å²) in [6.07, 6.45) is 1.35. The average molecular weight is 493 g/mol. The number of amides is 1. The Hall–Kier alpha value is -3.89. The van der Waals surface area contributed by atoms with Gasteiger partial charge in [0.2, 0.25) is 5.91 Å². The van der Waals surface area contributed by atoms with Gasteiger partial charge in [0, 0.05) is 36.6 Å². The van der Waals surface area contributed by atoms with E-state index in [9.17, 15) is 9.90 Å². The van der Waals surface area contributed by atoms with E-state index >= 15 is 0 Å². The number of hydrogen-bond donors (Lipinski definition) is 4. The number of hydrogen-bond acceptors (Lipinski definition) is 9. The van der Waals surface area contributed by atoms with Crippen molar-refractivity contribution in [2.24, 2.45) is 0 Å². The van der Waals surface area contributed by atoms with E-state index in [1.165, 1.54) is 6.33 Å². The fourth-order valence-corrected chi connectivity index (χ4v) is 4.42. The average Bonchev–Trinajstić information content (AvgIpc) is 3.22. The minimum absolute atomic E-state index is 0. The fraction of sp³-hybridized carbons (Fsp3) is 0.346. The van der Waals surface area contributed by atoms with Crippen LogP contribution < -0.4 is 25.4 Å². The lowest BCUT2D eigenvalue weighted by Crippen LogP contribution is -2.44. The number of carbonyl (C=O) groups excluding carboxylic acids is 1. The van der Waals surface area contributed by atoms with Gasteiger partial charge in [-0.15, -0.1) is 0 Å². The number of aliphatic hydroxyl groups is 1. The molecule has 2 aromatic carbocycles. The first-order valence-electron chi connectivity index (χ1n) is 11.5. The number of ether oxygens (including phenoxy) is 2. The Morgan fingerprint density at radius 3 is 2.64 bits per heavy atom. The lowest BCUT2D eigenvalue weighted by molar-refractivity contribution is -0.125. The highest BCUT2D eigenvalue weighted by atomic mass is 16.5. The van der Waals surface area contributed by atoms with E-state index in [1.54, 1.807) is 7.11 Å². The van der Waals surface area contributed by atoms with Crippen molar-refractivity contribution in [3.05, 3.63) is 60.4 Å². The van der Waals surface area contributed by atoms with Crippen LogP contribution in [0, 0.1) is 0 Å². The number of nitrogens with zero attached hydrogens (tertiary/aromatic N) is 3. The van der Waals surface area contributed by atoms with Crippen molar-refractivity contribution < 1.29 is 19.4 Å². The van der Waals surface area contributed by atoms with Crippen molar-refractivity contribution in [1.82, 2.24) is 20.2 Å². The Kier molecular flexibility index (Phi) is 7.87. The van der Waals surface area contributed by atoms with Crippen LogP contribution >= 0.6 is 0 Å². The Bertz CT molecular complexity index is 1210. The topological polar surface area (TPSA) is 121 Å². The van der Waals surface area contributed by atoms with Gasteiger partial charge in [-0.05, 0) is 36.2 Å². The van der Waals surface area contributed by atoms with Crippen LogP contribution in [0.1, 0.15) is 19.4 Å². The molecule has 6 bridgehead atoms.